The molecule has 3 N–H and O–H groups in total. The van der Waals surface area contributed by atoms with E-state index in [9.17, 15) is 4.79 Å². The second-order valence-corrected chi connectivity index (χ2v) is 8.73. The van der Waals surface area contributed by atoms with E-state index < -0.39 is 5.91 Å². The summed E-state index contributed by atoms with van der Waals surface area (Å²) in [5, 5.41) is 14.0. The number of carbonyl (C=O) groups excluding carboxylic acids is 1. The first kappa shape index (κ1) is 23.0. The van der Waals surface area contributed by atoms with Gasteiger partial charge in [-0.1, -0.05) is 35.3 Å². The van der Waals surface area contributed by atoms with Crippen LogP contribution < -0.4 is 10.6 Å². The molecular formula is C24H20Cl2N4O2S. The van der Waals surface area contributed by atoms with Gasteiger partial charge in [0.15, 0.2) is 10.9 Å². The van der Waals surface area contributed by atoms with Crippen LogP contribution in [0.5, 0.6) is 0 Å². The number of carbonyl (C=O) groups is 1. The number of amides is 1. The smallest absolute Gasteiger partial charge is 0.293 e. The van der Waals surface area contributed by atoms with Crippen LogP contribution in [0.3, 0.4) is 0 Å². The van der Waals surface area contributed by atoms with Gasteiger partial charge in [-0.15, -0.1) is 0 Å². The van der Waals surface area contributed by atoms with Gasteiger partial charge in [-0.05, 0) is 74.1 Å². The molecule has 168 valence electrons. The molecule has 9 heteroatoms. The number of H-pyrrole nitrogens is 1. The van der Waals surface area contributed by atoms with Crippen molar-refractivity contribution >= 4 is 52.1 Å². The van der Waals surface area contributed by atoms with Crippen LogP contribution in [0.2, 0.25) is 10.0 Å². The molecule has 0 aliphatic heterocycles. The molecule has 2 aromatic heterocycles. The number of rotatable bonds is 5. The van der Waals surface area contributed by atoms with Crippen LogP contribution in [-0.4, -0.2) is 21.2 Å². The molecule has 0 unspecified atom stereocenters. The van der Waals surface area contributed by atoms with E-state index >= 15 is 0 Å². The van der Waals surface area contributed by atoms with Crippen molar-refractivity contribution in [2.24, 2.45) is 0 Å². The van der Waals surface area contributed by atoms with Crippen molar-refractivity contribution in [1.82, 2.24) is 15.5 Å². The number of aryl methyl sites for hydroxylation is 2. The summed E-state index contributed by atoms with van der Waals surface area (Å²) in [4.78, 5) is 12.5. The fourth-order valence-electron chi connectivity index (χ4n) is 3.37. The molecule has 4 aromatic rings. The molecule has 0 bridgehead atoms. The summed E-state index contributed by atoms with van der Waals surface area (Å²) in [7, 11) is 0. The Morgan fingerprint density at radius 2 is 1.85 bits per heavy atom. The first-order valence-corrected chi connectivity index (χ1v) is 11.2. The van der Waals surface area contributed by atoms with Gasteiger partial charge in [0.05, 0.1) is 10.7 Å². The van der Waals surface area contributed by atoms with Crippen LogP contribution in [0, 0.1) is 13.8 Å². The van der Waals surface area contributed by atoms with Crippen molar-refractivity contribution in [3.63, 3.8) is 0 Å². The normalized spacial score (nSPS) is 10.8. The van der Waals surface area contributed by atoms with Crippen LogP contribution in [0.25, 0.3) is 11.3 Å². The highest BCUT2D eigenvalue weighted by Gasteiger charge is 2.15. The monoisotopic (exact) mass is 498 g/mol. The molecule has 0 fully saturated rings. The van der Waals surface area contributed by atoms with E-state index in [1.54, 1.807) is 30.3 Å². The summed E-state index contributed by atoms with van der Waals surface area (Å²) in [6.45, 7) is 4.00. The minimum atomic E-state index is -0.466. The van der Waals surface area contributed by atoms with Gasteiger partial charge in [0.25, 0.3) is 5.91 Å². The third kappa shape index (κ3) is 5.45. The summed E-state index contributed by atoms with van der Waals surface area (Å²) in [5.74, 6) is 0.104. The zero-order chi connectivity index (χ0) is 23.5. The van der Waals surface area contributed by atoms with E-state index in [1.807, 2.05) is 38.1 Å². The van der Waals surface area contributed by atoms with E-state index in [2.05, 4.69) is 20.8 Å². The largest absolute Gasteiger partial charge is 0.451 e. The third-order valence-electron chi connectivity index (χ3n) is 5.13. The maximum Gasteiger partial charge on any atom is 0.293 e. The SMILES string of the molecule is Cc1n[nH]c(C)c1Cc1ccc(NC(=S)NC(=O)c2ccc(-c3ccc(Cl)cc3Cl)o2)cc1. The molecule has 2 heterocycles. The fourth-order valence-corrected chi connectivity index (χ4v) is 4.08. The lowest BCUT2D eigenvalue weighted by atomic mass is 10.0. The Morgan fingerprint density at radius 3 is 2.52 bits per heavy atom. The number of hydrogen-bond donors (Lipinski definition) is 3. The highest BCUT2D eigenvalue weighted by atomic mass is 35.5. The van der Waals surface area contributed by atoms with Gasteiger partial charge in [0, 0.05) is 34.0 Å². The summed E-state index contributed by atoms with van der Waals surface area (Å²) in [6, 6.07) is 16.1. The predicted molar refractivity (Wildman–Crippen MR) is 135 cm³/mol. The van der Waals surface area contributed by atoms with Gasteiger partial charge in [0.1, 0.15) is 5.76 Å². The van der Waals surface area contributed by atoms with E-state index in [0.717, 1.165) is 29.1 Å². The molecular weight excluding hydrogens is 479 g/mol. The molecule has 0 spiro atoms. The molecule has 0 saturated carbocycles. The maximum absolute atomic E-state index is 12.5. The lowest BCUT2D eigenvalue weighted by Gasteiger charge is -2.10. The number of aromatic amines is 1. The molecule has 0 radical (unpaired) electrons. The van der Waals surface area contributed by atoms with Gasteiger partial charge in [-0.25, -0.2) is 0 Å². The Kier molecular flexibility index (Phi) is 6.83. The van der Waals surface area contributed by atoms with Crippen LogP contribution in [-0.2, 0) is 6.42 Å². The quantitative estimate of drug-likeness (QED) is 0.280. The second kappa shape index (κ2) is 9.79. The predicted octanol–water partition coefficient (Wildman–Crippen LogP) is 6.31. The minimum absolute atomic E-state index is 0.112. The van der Waals surface area contributed by atoms with Crippen molar-refractivity contribution in [2.45, 2.75) is 20.3 Å². The first-order chi connectivity index (χ1) is 15.8. The average molecular weight is 499 g/mol. The van der Waals surface area contributed by atoms with Crippen LogP contribution in [0.15, 0.2) is 59.0 Å². The number of hydrogen-bond acceptors (Lipinski definition) is 4. The maximum atomic E-state index is 12.5. The van der Waals surface area contributed by atoms with E-state index in [4.69, 9.17) is 39.8 Å². The zero-order valence-corrected chi connectivity index (χ0v) is 20.2. The third-order valence-corrected chi connectivity index (χ3v) is 5.88. The number of halogens is 2. The first-order valence-electron chi connectivity index (χ1n) is 10.1. The zero-order valence-electron chi connectivity index (χ0n) is 17.8. The molecule has 6 nitrogen and oxygen atoms in total. The molecule has 0 atom stereocenters. The highest BCUT2D eigenvalue weighted by molar-refractivity contribution is 7.80. The number of thiocarbonyl (C=S) groups is 1. The molecule has 0 aliphatic carbocycles. The lowest BCUT2D eigenvalue weighted by molar-refractivity contribution is 0.0951. The Balaban J connectivity index is 1.36. The second-order valence-electron chi connectivity index (χ2n) is 7.48. The van der Waals surface area contributed by atoms with Crippen LogP contribution >= 0.6 is 35.4 Å². The van der Waals surface area contributed by atoms with Crippen LogP contribution in [0.4, 0.5) is 5.69 Å². The van der Waals surface area contributed by atoms with Gasteiger partial charge in [-0.3, -0.25) is 15.2 Å². The van der Waals surface area contributed by atoms with Crippen LogP contribution in [0.1, 0.15) is 33.1 Å². The number of furan rings is 1. The van der Waals surface area contributed by atoms with Gasteiger partial charge in [-0.2, -0.15) is 5.10 Å². The standard InChI is InChI=1S/C24H20Cl2N4O2S/c1-13-19(14(2)30-29-13)11-15-3-6-17(7-4-15)27-24(33)28-23(31)22-10-9-21(32-22)18-8-5-16(25)12-20(18)26/h3-10,12H,11H2,1-2H3,(H,29,30)(H2,27,28,31,33). The highest BCUT2D eigenvalue weighted by Crippen LogP contribution is 2.31. The topological polar surface area (TPSA) is 83.0 Å². The lowest BCUT2D eigenvalue weighted by Crippen LogP contribution is -2.33. The number of anilines is 1. The van der Waals surface area contributed by atoms with Gasteiger partial charge in [0.2, 0.25) is 0 Å². The molecule has 0 aliphatic rings. The van der Waals surface area contributed by atoms with Crippen molar-refractivity contribution < 1.29 is 9.21 Å². The molecule has 1 amide bonds. The Hall–Kier alpha value is -3.13. The van der Waals surface area contributed by atoms with Crippen molar-refractivity contribution in [3.8, 4) is 11.3 Å². The summed E-state index contributed by atoms with van der Waals surface area (Å²) >= 11 is 17.4. The van der Waals surface area contributed by atoms with Crippen molar-refractivity contribution in [2.75, 3.05) is 5.32 Å². The number of nitrogens with one attached hydrogen (secondary N) is 3. The summed E-state index contributed by atoms with van der Waals surface area (Å²) < 4.78 is 5.65. The molecule has 33 heavy (non-hydrogen) atoms. The molecule has 4 rings (SSSR count). The van der Waals surface area contributed by atoms with E-state index in [1.165, 1.54) is 5.56 Å². The Bertz CT molecular complexity index is 1310. The molecule has 0 saturated heterocycles. The average Bonchev–Trinajstić information content (AvgIpc) is 3.38. The van der Waals surface area contributed by atoms with E-state index in [0.29, 0.717) is 21.4 Å². The van der Waals surface area contributed by atoms with Gasteiger partial charge >= 0.3 is 0 Å². The Labute approximate surface area is 206 Å². The number of benzene rings is 2. The minimum Gasteiger partial charge on any atom is -0.451 e. The Morgan fingerprint density at radius 1 is 1.09 bits per heavy atom. The van der Waals surface area contributed by atoms with Crippen molar-refractivity contribution in [3.05, 3.63) is 92.9 Å². The van der Waals surface area contributed by atoms with Gasteiger partial charge < -0.3 is 9.73 Å². The molecule has 2 aromatic carbocycles. The summed E-state index contributed by atoms with van der Waals surface area (Å²) in [5.41, 5.74) is 5.80. The number of aromatic nitrogens is 2. The number of nitrogens with zero attached hydrogens (tertiary/aromatic N) is 1. The fraction of sp³-hybridized carbons (Fsp3) is 0.125. The summed E-state index contributed by atoms with van der Waals surface area (Å²) in [6.07, 6.45) is 0.786. The van der Waals surface area contributed by atoms with Crippen molar-refractivity contribution in [1.29, 1.82) is 0 Å². The van der Waals surface area contributed by atoms with E-state index in [-0.39, 0.29) is 10.9 Å².